The Kier molecular flexibility index (Phi) is 3.33. The summed E-state index contributed by atoms with van der Waals surface area (Å²) in [5.41, 5.74) is 2.18. The van der Waals surface area contributed by atoms with Crippen LogP contribution in [0, 0.1) is 13.8 Å². The molecule has 2 rings (SSSR count). The first kappa shape index (κ1) is 12.8. The first-order chi connectivity index (χ1) is 8.99. The number of aromatic carboxylic acids is 1. The number of anilines is 1. The van der Waals surface area contributed by atoms with Crippen molar-refractivity contribution in [3.05, 3.63) is 46.8 Å². The van der Waals surface area contributed by atoms with E-state index in [0.717, 1.165) is 5.56 Å². The van der Waals surface area contributed by atoms with Gasteiger partial charge in [0.1, 0.15) is 5.69 Å². The number of carboxylic acid groups (broad SMARTS) is 1. The highest BCUT2D eigenvalue weighted by Gasteiger charge is 2.16. The molecule has 0 aliphatic rings. The van der Waals surface area contributed by atoms with E-state index in [1.165, 1.54) is 18.3 Å². The normalized spacial score (nSPS) is 10.2. The Morgan fingerprint density at radius 1 is 1.32 bits per heavy atom. The summed E-state index contributed by atoms with van der Waals surface area (Å²) < 4.78 is 0. The number of aryl methyl sites for hydroxylation is 2. The van der Waals surface area contributed by atoms with E-state index < -0.39 is 11.9 Å². The maximum absolute atomic E-state index is 11.9. The summed E-state index contributed by atoms with van der Waals surface area (Å²) in [6, 6.07) is 4.85. The van der Waals surface area contributed by atoms with Crippen LogP contribution in [0.3, 0.4) is 0 Å². The Morgan fingerprint density at radius 3 is 2.63 bits per heavy atom. The van der Waals surface area contributed by atoms with Gasteiger partial charge in [0.25, 0.3) is 5.91 Å². The molecule has 0 unspecified atom stereocenters. The van der Waals surface area contributed by atoms with E-state index in [0.29, 0.717) is 11.3 Å². The lowest BCUT2D eigenvalue weighted by Gasteiger charge is -2.12. The van der Waals surface area contributed by atoms with Crippen LogP contribution in [0.5, 0.6) is 0 Å². The Balaban J connectivity index is 2.39. The second kappa shape index (κ2) is 4.93. The van der Waals surface area contributed by atoms with Crippen LogP contribution in [-0.2, 0) is 0 Å². The molecule has 1 heterocycles. The fourth-order valence-electron chi connectivity index (χ4n) is 1.87. The number of amides is 1. The molecule has 0 bridgehead atoms. The van der Waals surface area contributed by atoms with E-state index in [9.17, 15) is 14.7 Å². The molecule has 6 nitrogen and oxygen atoms in total. The Morgan fingerprint density at radius 2 is 2.05 bits per heavy atom. The van der Waals surface area contributed by atoms with E-state index in [-0.39, 0.29) is 11.3 Å². The first-order valence-corrected chi connectivity index (χ1v) is 5.64. The van der Waals surface area contributed by atoms with Crippen LogP contribution in [0.4, 0.5) is 5.69 Å². The van der Waals surface area contributed by atoms with Gasteiger partial charge in [0.15, 0.2) is 0 Å². The van der Waals surface area contributed by atoms with E-state index in [4.69, 9.17) is 0 Å². The molecular formula is C13H13N3O3. The maximum Gasteiger partial charge on any atom is 0.337 e. The molecule has 0 radical (unpaired) electrons. The highest BCUT2D eigenvalue weighted by atomic mass is 16.4. The van der Waals surface area contributed by atoms with Gasteiger partial charge >= 0.3 is 5.97 Å². The molecule has 0 atom stereocenters. The number of aromatic amines is 1. The predicted molar refractivity (Wildman–Crippen MR) is 69.4 cm³/mol. The van der Waals surface area contributed by atoms with Crippen LogP contribution in [0.15, 0.2) is 24.4 Å². The van der Waals surface area contributed by atoms with Crippen molar-refractivity contribution in [2.75, 3.05) is 5.32 Å². The smallest absolute Gasteiger partial charge is 0.337 e. The number of hydrogen-bond donors (Lipinski definition) is 3. The number of aromatic nitrogens is 2. The Bertz CT molecular complexity index is 633. The molecular weight excluding hydrogens is 246 g/mol. The minimum atomic E-state index is -1.08. The zero-order chi connectivity index (χ0) is 14.0. The third-order valence-corrected chi connectivity index (χ3v) is 2.69. The number of benzene rings is 1. The van der Waals surface area contributed by atoms with Crippen LogP contribution < -0.4 is 5.32 Å². The number of nitrogens with zero attached hydrogens (tertiary/aromatic N) is 1. The van der Waals surface area contributed by atoms with Crippen molar-refractivity contribution in [1.29, 1.82) is 0 Å². The number of nitrogens with one attached hydrogen (secondary N) is 2. The van der Waals surface area contributed by atoms with Gasteiger partial charge in [0.2, 0.25) is 0 Å². The minimum Gasteiger partial charge on any atom is -0.478 e. The lowest BCUT2D eigenvalue weighted by atomic mass is 10.0. The van der Waals surface area contributed by atoms with E-state index in [1.807, 2.05) is 6.07 Å². The number of carbonyl (C=O) groups is 2. The molecule has 0 saturated carbocycles. The molecule has 0 spiro atoms. The molecule has 0 aliphatic carbocycles. The largest absolute Gasteiger partial charge is 0.478 e. The van der Waals surface area contributed by atoms with Crippen LogP contribution in [0.2, 0.25) is 0 Å². The lowest BCUT2D eigenvalue weighted by molar-refractivity contribution is 0.0698. The summed E-state index contributed by atoms with van der Waals surface area (Å²) in [5.74, 6) is -1.50. The van der Waals surface area contributed by atoms with Gasteiger partial charge in [0, 0.05) is 6.20 Å². The van der Waals surface area contributed by atoms with Crippen molar-refractivity contribution in [2.45, 2.75) is 13.8 Å². The van der Waals surface area contributed by atoms with Gasteiger partial charge in [-0.2, -0.15) is 5.10 Å². The van der Waals surface area contributed by atoms with Gasteiger partial charge < -0.3 is 10.4 Å². The van der Waals surface area contributed by atoms with Crippen LogP contribution in [-0.4, -0.2) is 27.2 Å². The number of carbonyl (C=O) groups excluding carboxylic acids is 1. The molecule has 1 aromatic carbocycles. The van der Waals surface area contributed by atoms with Gasteiger partial charge in [-0.1, -0.05) is 6.07 Å². The molecule has 1 aromatic heterocycles. The average Bonchev–Trinajstić information content (AvgIpc) is 2.85. The minimum absolute atomic E-state index is 0.0744. The predicted octanol–water partition coefficient (Wildman–Crippen LogP) is 1.98. The molecule has 0 fully saturated rings. The summed E-state index contributed by atoms with van der Waals surface area (Å²) in [4.78, 5) is 23.1. The summed E-state index contributed by atoms with van der Waals surface area (Å²) >= 11 is 0. The molecule has 0 saturated heterocycles. The van der Waals surface area contributed by atoms with Gasteiger partial charge in [-0.3, -0.25) is 9.89 Å². The molecule has 2 aromatic rings. The highest BCUT2D eigenvalue weighted by Crippen LogP contribution is 2.23. The van der Waals surface area contributed by atoms with Crippen molar-refractivity contribution in [2.24, 2.45) is 0 Å². The zero-order valence-electron chi connectivity index (χ0n) is 10.5. The first-order valence-electron chi connectivity index (χ1n) is 5.64. The Hall–Kier alpha value is -2.63. The third kappa shape index (κ3) is 2.62. The number of H-pyrrole nitrogens is 1. The van der Waals surface area contributed by atoms with Crippen molar-refractivity contribution in [3.63, 3.8) is 0 Å². The van der Waals surface area contributed by atoms with Crippen molar-refractivity contribution in [3.8, 4) is 0 Å². The molecule has 6 heteroatoms. The molecule has 98 valence electrons. The van der Waals surface area contributed by atoms with Gasteiger partial charge in [-0.05, 0) is 37.1 Å². The highest BCUT2D eigenvalue weighted by molar-refractivity contribution is 6.07. The fraction of sp³-hybridized carbons (Fsp3) is 0.154. The van der Waals surface area contributed by atoms with E-state index >= 15 is 0 Å². The average molecular weight is 259 g/mol. The summed E-state index contributed by atoms with van der Waals surface area (Å²) in [6.45, 7) is 3.56. The lowest BCUT2D eigenvalue weighted by Crippen LogP contribution is -2.16. The second-order valence-corrected chi connectivity index (χ2v) is 4.23. The number of rotatable bonds is 3. The number of hydrogen-bond acceptors (Lipinski definition) is 3. The summed E-state index contributed by atoms with van der Waals surface area (Å²) in [7, 11) is 0. The fourth-order valence-corrected chi connectivity index (χ4v) is 1.87. The van der Waals surface area contributed by atoms with Crippen molar-refractivity contribution >= 4 is 17.6 Å². The van der Waals surface area contributed by atoms with Crippen LogP contribution in [0.1, 0.15) is 32.0 Å². The third-order valence-electron chi connectivity index (χ3n) is 2.69. The van der Waals surface area contributed by atoms with Gasteiger partial charge in [0.05, 0.1) is 11.3 Å². The molecule has 3 N–H and O–H groups in total. The standard InChI is InChI=1S/C13H13N3O3/c1-7-5-8(2)11(9(6-7)13(18)19)15-12(17)10-3-4-14-16-10/h3-6H,1-2H3,(H,14,16)(H,15,17)(H,18,19). The second-order valence-electron chi connectivity index (χ2n) is 4.23. The van der Waals surface area contributed by atoms with Gasteiger partial charge in [-0.25, -0.2) is 4.79 Å². The van der Waals surface area contributed by atoms with E-state index in [2.05, 4.69) is 15.5 Å². The van der Waals surface area contributed by atoms with Crippen molar-refractivity contribution < 1.29 is 14.7 Å². The molecule has 19 heavy (non-hydrogen) atoms. The van der Waals surface area contributed by atoms with E-state index in [1.54, 1.807) is 13.8 Å². The quantitative estimate of drug-likeness (QED) is 0.785. The van der Waals surface area contributed by atoms with Crippen LogP contribution >= 0.6 is 0 Å². The monoisotopic (exact) mass is 259 g/mol. The zero-order valence-corrected chi connectivity index (χ0v) is 10.5. The number of carboxylic acids is 1. The summed E-state index contributed by atoms with van der Waals surface area (Å²) in [5, 5.41) is 18.0. The van der Waals surface area contributed by atoms with Crippen molar-refractivity contribution in [1.82, 2.24) is 10.2 Å². The summed E-state index contributed by atoms with van der Waals surface area (Å²) in [6.07, 6.45) is 1.45. The Labute approximate surface area is 109 Å². The SMILES string of the molecule is Cc1cc(C)c(NC(=O)c2ccn[nH]2)c(C(=O)O)c1. The maximum atomic E-state index is 11.9. The molecule has 0 aliphatic heterocycles. The molecule has 1 amide bonds. The van der Waals surface area contributed by atoms with Crippen LogP contribution in [0.25, 0.3) is 0 Å². The topological polar surface area (TPSA) is 95.1 Å². The van der Waals surface area contributed by atoms with Gasteiger partial charge in [-0.15, -0.1) is 0 Å².